The van der Waals surface area contributed by atoms with Crippen LogP contribution >= 0.6 is 0 Å². The normalized spacial score (nSPS) is 14.9. The van der Waals surface area contributed by atoms with Crippen LogP contribution in [-0.4, -0.2) is 55.7 Å². The zero-order valence-electron chi connectivity index (χ0n) is 17.5. The summed E-state index contributed by atoms with van der Waals surface area (Å²) in [4.78, 5) is 44.9. The van der Waals surface area contributed by atoms with Crippen molar-refractivity contribution in [1.82, 2.24) is 23.6 Å². The van der Waals surface area contributed by atoms with E-state index in [0.29, 0.717) is 31.9 Å². The predicted molar refractivity (Wildman–Crippen MR) is 110 cm³/mol. The third kappa shape index (κ3) is 3.76. The van der Waals surface area contributed by atoms with Crippen LogP contribution in [0.3, 0.4) is 0 Å². The highest BCUT2D eigenvalue weighted by atomic mass is 19.4. The van der Waals surface area contributed by atoms with Crippen LogP contribution in [0, 0.1) is 0 Å². The Morgan fingerprint density at radius 1 is 1.06 bits per heavy atom. The van der Waals surface area contributed by atoms with E-state index in [2.05, 4.69) is 4.98 Å². The number of carbonyl (C=O) groups excluding carboxylic acids is 1. The van der Waals surface area contributed by atoms with Gasteiger partial charge in [0.1, 0.15) is 6.54 Å². The molecule has 0 radical (unpaired) electrons. The predicted octanol–water partition coefficient (Wildman–Crippen LogP) is 0.801. The lowest BCUT2D eigenvalue weighted by atomic mass is 10.1. The first kappa shape index (κ1) is 21.7. The highest BCUT2D eigenvalue weighted by molar-refractivity contribution is 5.79. The summed E-state index contributed by atoms with van der Waals surface area (Å²) in [7, 11) is 2.85. The average molecular weight is 450 g/mol. The van der Waals surface area contributed by atoms with Gasteiger partial charge in [-0.3, -0.25) is 18.7 Å². The van der Waals surface area contributed by atoms with Crippen LogP contribution in [0.15, 0.2) is 40.2 Å². The number of fused-ring (bicyclic) bond motifs is 1. The van der Waals surface area contributed by atoms with Gasteiger partial charge < -0.3 is 14.4 Å². The third-order valence-electron chi connectivity index (χ3n) is 5.69. The Bertz CT molecular complexity index is 1300. The minimum atomic E-state index is -4.41. The number of imidazole rings is 1. The molecule has 1 aliphatic rings. The van der Waals surface area contributed by atoms with Gasteiger partial charge in [0.2, 0.25) is 5.91 Å². The summed E-state index contributed by atoms with van der Waals surface area (Å²) in [5.41, 5.74) is -0.952. The molecule has 3 heterocycles. The molecule has 0 unspecified atom stereocenters. The third-order valence-corrected chi connectivity index (χ3v) is 5.69. The van der Waals surface area contributed by atoms with E-state index in [1.54, 1.807) is 15.9 Å². The van der Waals surface area contributed by atoms with Gasteiger partial charge in [0.25, 0.3) is 5.56 Å². The van der Waals surface area contributed by atoms with E-state index >= 15 is 0 Å². The van der Waals surface area contributed by atoms with Gasteiger partial charge in [-0.2, -0.15) is 13.2 Å². The number of aryl methyl sites for hydroxylation is 1. The smallest absolute Gasteiger partial charge is 0.368 e. The number of nitrogens with zero attached hydrogens (tertiary/aromatic N) is 6. The summed E-state index contributed by atoms with van der Waals surface area (Å²) < 4.78 is 42.5. The maximum absolute atomic E-state index is 13.0. The Balaban J connectivity index is 1.47. The molecule has 0 bridgehead atoms. The van der Waals surface area contributed by atoms with E-state index in [-0.39, 0.29) is 23.6 Å². The van der Waals surface area contributed by atoms with Crippen molar-refractivity contribution in [2.75, 3.05) is 31.1 Å². The second-order valence-electron chi connectivity index (χ2n) is 7.67. The number of carbonyl (C=O) groups is 1. The van der Waals surface area contributed by atoms with E-state index < -0.39 is 23.0 Å². The molecule has 2 aromatic heterocycles. The molecule has 0 N–H and O–H groups in total. The second kappa shape index (κ2) is 7.84. The number of aromatic nitrogens is 4. The van der Waals surface area contributed by atoms with Crippen molar-refractivity contribution >= 4 is 22.8 Å². The molecular weight excluding hydrogens is 429 g/mol. The molecule has 0 aliphatic carbocycles. The fourth-order valence-electron chi connectivity index (χ4n) is 3.86. The van der Waals surface area contributed by atoms with Gasteiger partial charge in [-0.1, -0.05) is 6.07 Å². The molecule has 1 saturated heterocycles. The fourth-order valence-corrected chi connectivity index (χ4v) is 3.86. The number of hydrogen-bond acceptors (Lipinski definition) is 5. The molecular formula is C20H21F3N6O3. The zero-order chi connectivity index (χ0) is 23.2. The van der Waals surface area contributed by atoms with Gasteiger partial charge in [-0.05, 0) is 18.2 Å². The summed E-state index contributed by atoms with van der Waals surface area (Å²) >= 11 is 0. The number of alkyl halides is 3. The maximum atomic E-state index is 13.0. The number of amides is 1. The molecule has 0 spiro atoms. The summed E-state index contributed by atoms with van der Waals surface area (Å²) in [5.74, 6) is -0.246. The number of anilines is 1. The van der Waals surface area contributed by atoms with Gasteiger partial charge in [0.05, 0.1) is 11.9 Å². The molecule has 1 aliphatic heterocycles. The summed E-state index contributed by atoms with van der Waals surface area (Å²) in [6.45, 7) is 1.30. The molecule has 4 rings (SSSR count). The van der Waals surface area contributed by atoms with Gasteiger partial charge >= 0.3 is 11.9 Å². The molecule has 1 aromatic carbocycles. The average Bonchev–Trinajstić information content (AvgIpc) is 3.19. The summed E-state index contributed by atoms with van der Waals surface area (Å²) in [5, 5.41) is 0. The molecule has 32 heavy (non-hydrogen) atoms. The van der Waals surface area contributed by atoms with Crippen molar-refractivity contribution in [2.24, 2.45) is 14.1 Å². The Labute approximate surface area is 179 Å². The van der Waals surface area contributed by atoms with Crippen molar-refractivity contribution in [1.29, 1.82) is 0 Å². The van der Waals surface area contributed by atoms with Gasteiger partial charge in [-0.15, -0.1) is 0 Å². The SMILES string of the molecule is Cn1c(=O)c2c(ncn2CC(=O)N2CCN(c3cccc(C(F)(F)F)c3)CC2)n(C)c1=O. The van der Waals surface area contributed by atoms with Crippen LogP contribution < -0.4 is 16.1 Å². The van der Waals surface area contributed by atoms with Gasteiger partial charge in [0.15, 0.2) is 11.2 Å². The van der Waals surface area contributed by atoms with Gasteiger partial charge in [0, 0.05) is 46.0 Å². The van der Waals surface area contributed by atoms with Crippen molar-refractivity contribution in [2.45, 2.75) is 12.7 Å². The number of halogens is 3. The van der Waals surface area contributed by atoms with E-state index in [1.807, 2.05) is 0 Å². The van der Waals surface area contributed by atoms with Crippen LogP contribution in [0.5, 0.6) is 0 Å². The molecule has 3 aromatic rings. The molecule has 1 amide bonds. The highest BCUT2D eigenvalue weighted by Gasteiger charge is 2.31. The lowest BCUT2D eigenvalue weighted by molar-refractivity contribution is -0.137. The first-order valence-electron chi connectivity index (χ1n) is 9.89. The number of rotatable bonds is 3. The van der Waals surface area contributed by atoms with Crippen molar-refractivity contribution in [3.8, 4) is 0 Å². The quantitative estimate of drug-likeness (QED) is 0.590. The van der Waals surface area contributed by atoms with Crippen molar-refractivity contribution in [3.63, 3.8) is 0 Å². The van der Waals surface area contributed by atoms with E-state index in [4.69, 9.17) is 0 Å². The number of hydrogen-bond donors (Lipinski definition) is 0. The van der Waals surface area contributed by atoms with Crippen LogP contribution in [0.25, 0.3) is 11.2 Å². The molecule has 0 saturated carbocycles. The minimum absolute atomic E-state index is 0.131. The monoisotopic (exact) mass is 450 g/mol. The number of benzene rings is 1. The van der Waals surface area contributed by atoms with Gasteiger partial charge in [-0.25, -0.2) is 9.78 Å². The minimum Gasteiger partial charge on any atom is -0.368 e. The van der Waals surface area contributed by atoms with Crippen LogP contribution in [0.1, 0.15) is 5.56 Å². The number of piperazine rings is 1. The van der Waals surface area contributed by atoms with Crippen molar-refractivity contribution < 1.29 is 18.0 Å². The largest absolute Gasteiger partial charge is 0.416 e. The Morgan fingerprint density at radius 3 is 2.41 bits per heavy atom. The molecule has 9 nitrogen and oxygen atoms in total. The first-order valence-corrected chi connectivity index (χ1v) is 9.89. The molecule has 0 atom stereocenters. The molecule has 170 valence electrons. The van der Waals surface area contributed by atoms with E-state index in [0.717, 1.165) is 16.7 Å². The Kier molecular flexibility index (Phi) is 5.31. The zero-order valence-corrected chi connectivity index (χ0v) is 17.5. The van der Waals surface area contributed by atoms with Crippen LogP contribution in [0.2, 0.25) is 0 Å². The lowest BCUT2D eigenvalue weighted by Crippen LogP contribution is -2.49. The fraction of sp³-hybridized carbons (Fsp3) is 0.400. The molecule has 12 heteroatoms. The lowest BCUT2D eigenvalue weighted by Gasteiger charge is -2.36. The molecule has 1 fully saturated rings. The van der Waals surface area contributed by atoms with E-state index in [1.165, 1.54) is 35.6 Å². The highest BCUT2D eigenvalue weighted by Crippen LogP contribution is 2.31. The first-order chi connectivity index (χ1) is 15.1. The summed E-state index contributed by atoms with van der Waals surface area (Å²) in [6, 6.07) is 5.12. The summed E-state index contributed by atoms with van der Waals surface area (Å²) in [6.07, 6.45) is -3.07. The van der Waals surface area contributed by atoms with E-state index in [9.17, 15) is 27.6 Å². The maximum Gasteiger partial charge on any atom is 0.416 e. The standard InChI is InChI=1S/C20H21F3N6O3/c1-25-17-16(18(31)26(2)19(25)32)29(12-24-17)11-15(30)28-8-6-27(7-9-28)14-5-3-4-13(10-14)20(21,22)23/h3-5,10,12H,6-9,11H2,1-2H3. The topological polar surface area (TPSA) is 85.4 Å². The van der Waals surface area contributed by atoms with Crippen LogP contribution in [0.4, 0.5) is 18.9 Å². The Morgan fingerprint density at radius 2 is 1.75 bits per heavy atom. The van der Waals surface area contributed by atoms with Crippen molar-refractivity contribution in [3.05, 3.63) is 57.0 Å². The van der Waals surface area contributed by atoms with Crippen LogP contribution in [-0.2, 0) is 31.6 Å². The Hall–Kier alpha value is -3.57. The second-order valence-corrected chi connectivity index (χ2v) is 7.67.